The number of pyridine rings is 1. The first-order chi connectivity index (χ1) is 16.2. The molecule has 0 fully saturated rings. The van der Waals surface area contributed by atoms with E-state index in [0.717, 1.165) is 35.2 Å². The van der Waals surface area contributed by atoms with Gasteiger partial charge in [0.2, 0.25) is 0 Å². The molecule has 0 unspecified atom stereocenters. The average Bonchev–Trinajstić information content (AvgIpc) is 2.80. The lowest BCUT2D eigenvalue weighted by molar-refractivity contribution is 0.262. The molecule has 6 nitrogen and oxygen atoms in total. The summed E-state index contributed by atoms with van der Waals surface area (Å²) < 4.78 is 1.63. The first-order valence-electron chi connectivity index (χ1n) is 12.0. The van der Waals surface area contributed by atoms with Crippen molar-refractivity contribution < 1.29 is 9.90 Å². The molecule has 2 amide bonds. The van der Waals surface area contributed by atoms with Gasteiger partial charge in [0.15, 0.2) is 0 Å². The van der Waals surface area contributed by atoms with Crippen LogP contribution in [-0.2, 0) is 6.54 Å². The number of carbonyl (C=O) groups is 1. The predicted octanol–water partition coefficient (Wildman–Crippen LogP) is 6.91. The summed E-state index contributed by atoms with van der Waals surface area (Å²) in [6.07, 6.45) is 3.58. The summed E-state index contributed by atoms with van der Waals surface area (Å²) in [5.41, 5.74) is 4.19. The number of para-hydroxylation sites is 1. The normalized spacial score (nSPS) is 11.1. The van der Waals surface area contributed by atoms with E-state index in [4.69, 9.17) is 0 Å². The highest BCUT2D eigenvalue weighted by molar-refractivity contribution is 6.03. The summed E-state index contributed by atoms with van der Waals surface area (Å²) in [7, 11) is 0. The van der Waals surface area contributed by atoms with Crippen LogP contribution in [0.4, 0.5) is 16.2 Å². The zero-order valence-corrected chi connectivity index (χ0v) is 20.7. The fraction of sp³-hybridized carbons (Fsp3) is 0.357. The van der Waals surface area contributed by atoms with Gasteiger partial charge < -0.3 is 20.3 Å². The fourth-order valence-electron chi connectivity index (χ4n) is 4.03. The van der Waals surface area contributed by atoms with Gasteiger partial charge in [-0.05, 0) is 53.1 Å². The van der Waals surface area contributed by atoms with Gasteiger partial charge in [0.25, 0.3) is 5.56 Å². The standard InChI is InChI=1S/C28H35N3O3/c1-6-7-16-31-17-15-24(20-11-13-21(32)14-12-20)26(27(31)33)30-28(34)29-25-22(18(2)3)9-8-10-23(25)19(4)5/h8-15,17-19,32H,6-7,16H2,1-5H3,(H2,29,30,34). The third-order valence-electron chi connectivity index (χ3n) is 5.95. The number of benzene rings is 2. The maximum atomic E-state index is 13.3. The summed E-state index contributed by atoms with van der Waals surface area (Å²) in [6, 6.07) is 14.0. The number of rotatable bonds is 8. The van der Waals surface area contributed by atoms with Gasteiger partial charge in [-0.2, -0.15) is 0 Å². The lowest BCUT2D eigenvalue weighted by Gasteiger charge is -2.21. The predicted molar refractivity (Wildman–Crippen MR) is 140 cm³/mol. The molecule has 3 rings (SSSR count). The van der Waals surface area contributed by atoms with E-state index >= 15 is 0 Å². The van der Waals surface area contributed by atoms with Crippen LogP contribution in [0.3, 0.4) is 0 Å². The number of unbranched alkanes of at least 4 members (excludes halogenated alkanes) is 1. The third kappa shape index (κ3) is 5.68. The number of hydrogen-bond acceptors (Lipinski definition) is 3. The maximum Gasteiger partial charge on any atom is 0.323 e. The van der Waals surface area contributed by atoms with Crippen LogP contribution in [0, 0.1) is 0 Å². The lowest BCUT2D eigenvalue weighted by Crippen LogP contribution is -2.29. The number of hydrogen-bond donors (Lipinski definition) is 3. The minimum atomic E-state index is -0.458. The Balaban J connectivity index is 2.02. The van der Waals surface area contributed by atoms with E-state index in [1.165, 1.54) is 0 Å². The van der Waals surface area contributed by atoms with Crippen molar-refractivity contribution in [2.75, 3.05) is 10.6 Å². The highest BCUT2D eigenvalue weighted by Gasteiger charge is 2.19. The SMILES string of the molecule is CCCCn1ccc(-c2ccc(O)cc2)c(NC(=O)Nc2c(C(C)C)cccc2C(C)C)c1=O. The van der Waals surface area contributed by atoms with Crippen LogP contribution in [0.5, 0.6) is 5.75 Å². The molecule has 2 aromatic carbocycles. The molecular weight excluding hydrogens is 426 g/mol. The van der Waals surface area contributed by atoms with Gasteiger partial charge in [-0.15, -0.1) is 0 Å². The third-order valence-corrected chi connectivity index (χ3v) is 5.95. The van der Waals surface area contributed by atoms with E-state index in [1.54, 1.807) is 35.0 Å². The molecule has 0 atom stereocenters. The lowest BCUT2D eigenvalue weighted by atomic mass is 9.93. The van der Waals surface area contributed by atoms with Crippen LogP contribution in [0.1, 0.15) is 70.4 Å². The number of aromatic nitrogens is 1. The molecule has 0 aliphatic carbocycles. The van der Waals surface area contributed by atoms with Gasteiger partial charge in [0.05, 0.1) is 0 Å². The number of anilines is 2. The van der Waals surface area contributed by atoms with Crippen LogP contribution >= 0.6 is 0 Å². The van der Waals surface area contributed by atoms with Crippen LogP contribution < -0.4 is 16.2 Å². The van der Waals surface area contributed by atoms with Crippen molar-refractivity contribution in [3.05, 3.63) is 76.2 Å². The van der Waals surface area contributed by atoms with Gasteiger partial charge >= 0.3 is 6.03 Å². The number of urea groups is 1. The Morgan fingerprint density at radius 1 is 0.912 bits per heavy atom. The van der Waals surface area contributed by atoms with Gasteiger partial charge in [-0.1, -0.05) is 71.4 Å². The summed E-state index contributed by atoms with van der Waals surface area (Å²) in [6.45, 7) is 11.0. The molecule has 0 aliphatic rings. The van der Waals surface area contributed by atoms with E-state index in [1.807, 2.05) is 24.3 Å². The smallest absolute Gasteiger partial charge is 0.323 e. The van der Waals surface area contributed by atoms with E-state index in [9.17, 15) is 14.7 Å². The molecule has 1 heterocycles. The zero-order chi connectivity index (χ0) is 24.8. The number of nitrogens with one attached hydrogen (secondary N) is 2. The molecule has 0 spiro atoms. The molecule has 1 aromatic heterocycles. The second kappa shape index (κ2) is 11.1. The Morgan fingerprint density at radius 3 is 2.06 bits per heavy atom. The summed E-state index contributed by atoms with van der Waals surface area (Å²) in [4.78, 5) is 26.6. The van der Waals surface area contributed by atoms with Gasteiger partial charge in [-0.3, -0.25) is 4.79 Å². The fourth-order valence-corrected chi connectivity index (χ4v) is 4.03. The van der Waals surface area contributed by atoms with Crippen molar-refractivity contribution in [2.24, 2.45) is 0 Å². The number of nitrogens with zero attached hydrogens (tertiary/aromatic N) is 1. The first kappa shape index (κ1) is 25.1. The summed E-state index contributed by atoms with van der Waals surface area (Å²) in [5.74, 6) is 0.591. The van der Waals surface area contributed by atoms with Crippen molar-refractivity contribution in [1.82, 2.24) is 4.57 Å². The van der Waals surface area contributed by atoms with Crippen LogP contribution in [-0.4, -0.2) is 15.7 Å². The molecule has 0 aliphatic heterocycles. The van der Waals surface area contributed by atoms with Gasteiger partial charge in [0.1, 0.15) is 11.4 Å². The number of aromatic hydroxyl groups is 1. The molecule has 0 radical (unpaired) electrons. The Hall–Kier alpha value is -3.54. The Morgan fingerprint density at radius 2 is 1.50 bits per heavy atom. The minimum absolute atomic E-state index is 0.138. The molecular formula is C28H35N3O3. The number of amides is 2. The summed E-state index contributed by atoms with van der Waals surface area (Å²) in [5, 5.41) is 15.5. The number of aryl methyl sites for hydroxylation is 1. The number of phenolic OH excluding ortho intramolecular Hbond substituents is 1. The highest BCUT2D eigenvalue weighted by atomic mass is 16.3. The Bertz CT molecular complexity index is 1170. The van der Waals surface area contributed by atoms with E-state index in [-0.39, 0.29) is 28.8 Å². The van der Waals surface area contributed by atoms with Crippen LogP contribution in [0.2, 0.25) is 0 Å². The van der Waals surface area contributed by atoms with Crippen molar-refractivity contribution in [3.63, 3.8) is 0 Å². The highest BCUT2D eigenvalue weighted by Crippen LogP contribution is 2.33. The first-order valence-corrected chi connectivity index (χ1v) is 12.0. The quantitative estimate of drug-likeness (QED) is 0.341. The minimum Gasteiger partial charge on any atom is -0.508 e. The van der Waals surface area contributed by atoms with Crippen molar-refractivity contribution in [2.45, 2.75) is 65.8 Å². The second-order valence-corrected chi connectivity index (χ2v) is 9.20. The van der Waals surface area contributed by atoms with Crippen LogP contribution in [0.25, 0.3) is 11.1 Å². The molecule has 0 bridgehead atoms. The topological polar surface area (TPSA) is 83.4 Å². The van der Waals surface area contributed by atoms with Crippen LogP contribution in [0.15, 0.2) is 59.5 Å². The summed E-state index contributed by atoms with van der Waals surface area (Å²) >= 11 is 0. The molecule has 6 heteroatoms. The molecule has 34 heavy (non-hydrogen) atoms. The van der Waals surface area contributed by atoms with Gasteiger partial charge in [-0.25, -0.2) is 4.79 Å². The Kier molecular flexibility index (Phi) is 8.16. The molecule has 0 saturated heterocycles. The number of phenols is 1. The van der Waals surface area contributed by atoms with E-state index in [2.05, 4.69) is 45.3 Å². The van der Waals surface area contributed by atoms with Gasteiger partial charge in [0, 0.05) is 24.0 Å². The molecule has 3 aromatic rings. The average molecular weight is 462 g/mol. The Labute approximate surface area is 201 Å². The molecule has 0 saturated carbocycles. The number of carbonyl (C=O) groups excluding carboxylic acids is 1. The van der Waals surface area contributed by atoms with Crippen molar-refractivity contribution in [1.29, 1.82) is 0 Å². The van der Waals surface area contributed by atoms with E-state index < -0.39 is 6.03 Å². The molecule has 180 valence electrons. The zero-order valence-electron chi connectivity index (χ0n) is 20.7. The monoisotopic (exact) mass is 461 g/mol. The van der Waals surface area contributed by atoms with Crippen molar-refractivity contribution >= 4 is 17.4 Å². The molecule has 3 N–H and O–H groups in total. The second-order valence-electron chi connectivity index (χ2n) is 9.20. The maximum absolute atomic E-state index is 13.3. The largest absolute Gasteiger partial charge is 0.508 e. The van der Waals surface area contributed by atoms with E-state index in [0.29, 0.717) is 12.1 Å². The van der Waals surface area contributed by atoms with Crippen molar-refractivity contribution in [3.8, 4) is 16.9 Å².